The third kappa shape index (κ3) is 2.93. The molecule has 0 bridgehead atoms. The number of nitrogens with one attached hydrogen (secondary N) is 1. The quantitative estimate of drug-likeness (QED) is 0.336. The summed E-state index contributed by atoms with van der Waals surface area (Å²) in [4.78, 5) is 10.6. The van der Waals surface area contributed by atoms with E-state index in [9.17, 15) is 0 Å². The molecule has 0 amide bonds. The van der Waals surface area contributed by atoms with Gasteiger partial charge in [-0.25, -0.2) is 10.8 Å². The van der Waals surface area contributed by atoms with Crippen LogP contribution in [0.5, 0.6) is 0 Å². The predicted molar refractivity (Wildman–Crippen MR) is 63.5 cm³/mol. The first-order chi connectivity index (χ1) is 7.79. The Bertz CT molecular complexity index is 358. The molecule has 3 N–H and O–H groups in total. The molecule has 1 saturated carbocycles. The fourth-order valence-corrected chi connectivity index (χ4v) is 1.46. The molecule has 0 spiro atoms. The lowest BCUT2D eigenvalue weighted by atomic mass is 10.3. The minimum absolute atomic E-state index is 0.461. The highest BCUT2D eigenvalue weighted by Gasteiger charge is 2.21. The summed E-state index contributed by atoms with van der Waals surface area (Å²) in [7, 11) is 1.97. The topological polar surface area (TPSA) is 66.5 Å². The van der Waals surface area contributed by atoms with Crippen molar-refractivity contribution in [3.05, 3.63) is 30.1 Å². The first-order valence-electron chi connectivity index (χ1n) is 5.44. The van der Waals surface area contributed by atoms with Gasteiger partial charge in [-0.3, -0.25) is 10.4 Å². The summed E-state index contributed by atoms with van der Waals surface area (Å²) < 4.78 is 0. The maximum Gasteiger partial charge on any atom is 0.208 e. The monoisotopic (exact) mass is 219 g/mol. The van der Waals surface area contributed by atoms with Gasteiger partial charge in [0, 0.05) is 26.0 Å². The van der Waals surface area contributed by atoms with Gasteiger partial charge < -0.3 is 4.90 Å². The van der Waals surface area contributed by atoms with Crippen LogP contribution in [0.15, 0.2) is 29.5 Å². The van der Waals surface area contributed by atoms with Gasteiger partial charge in [0.25, 0.3) is 0 Å². The normalized spacial score (nSPS) is 16.0. The van der Waals surface area contributed by atoms with Crippen molar-refractivity contribution in [2.24, 2.45) is 10.8 Å². The number of hydrogen-bond donors (Lipinski definition) is 2. The molecular weight excluding hydrogens is 202 g/mol. The Morgan fingerprint density at radius 2 is 2.50 bits per heavy atom. The van der Waals surface area contributed by atoms with Crippen molar-refractivity contribution >= 4 is 5.96 Å². The SMILES string of the molecule is CN(Cc1cccnc1)C(=NC1CC1)NN. The number of guanidine groups is 1. The minimum atomic E-state index is 0.461. The lowest BCUT2D eigenvalue weighted by Crippen LogP contribution is -2.42. The van der Waals surface area contributed by atoms with Crippen molar-refractivity contribution in [3.63, 3.8) is 0 Å². The predicted octanol–water partition coefficient (Wildman–Crippen LogP) is 0.495. The van der Waals surface area contributed by atoms with Gasteiger partial charge in [0.1, 0.15) is 0 Å². The van der Waals surface area contributed by atoms with Crippen molar-refractivity contribution < 1.29 is 0 Å². The van der Waals surface area contributed by atoms with Crippen LogP contribution < -0.4 is 11.3 Å². The lowest BCUT2D eigenvalue weighted by Gasteiger charge is -2.20. The van der Waals surface area contributed by atoms with Gasteiger partial charge >= 0.3 is 0 Å². The highest BCUT2D eigenvalue weighted by molar-refractivity contribution is 5.79. The van der Waals surface area contributed by atoms with Crippen LogP contribution >= 0.6 is 0 Å². The summed E-state index contributed by atoms with van der Waals surface area (Å²) in [5, 5.41) is 0. The van der Waals surface area contributed by atoms with E-state index in [-0.39, 0.29) is 0 Å². The highest BCUT2D eigenvalue weighted by Crippen LogP contribution is 2.23. The van der Waals surface area contributed by atoms with Crippen molar-refractivity contribution in [1.82, 2.24) is 15.3 Å². The molecule has 0 unspecified atom stereocenters. The van der Waals surface area contributed by atoms with Gasteiger partial charge in [0.05, 0.1) is 6.04 Å². The van der Waals surface area contributed by atoms with Gasteiger partial charge in [0.2, 0.25) is 5.96 Å². The van der Waals surface area contributed by atoms with Crippen molar-refractivity contribution in [3.8, 4) is 0 Å². The molecule has 1 aromatic heterocycles. The van der Waals surface area contributed by atoms with E-state index in [1.807, 2.05) is 30.3 Å². The highest BCUT2D eigenvalue weighted by atomic mass is 15.4. The van der Waals surface area contributed by atoms with Gasteiger partial charge in [-0.05, 0) is 24.5 Å². The number of nitrogens with two attached hydrogens (primary N) is 1. The number of aromatic nitrogens is 1. The number of rotatable bonds is 3. The molecule has 0 aromatic carbocycles. The van der Waals surface area contributed by atoms with Crippen LogP contribution in [0.1, 0.15) is 18.4 Å². The molecule has 0 saturated heterocycles. The Hall–Kier alpha value is -1.62. The molecule has 5 nitrogen and oxygen atoms in total. The second-order valence-electron chi connectivity index (χ2n) is 4.05. The lowest BCUT2D eigenvalue weighted by molar-refractivity contribution is 0.476. The molecule has 1 aliphatic rings. The third-order valence-corrected chi connectivity index (χ3v) is 2.48. The van der Waals surface area contributed by atoms with E-state index >= 15 is 0 Å². The second kappa shape index (κ2) is 4.94. The van der Waals surface area contributed by atoms with E-state index in [0.29, 0.717) is 6.04 Å². The smallest absolute Gasteiger partial charge is 0.208 e. The van der Waals surface area contributed by atoms with Gasteiger partial charge in [0.15, 0.2) is 0 Å². The number of hydrogen-bond acceptors (Lipinski definition) is 3. The van der Waals surface area contributed by atoms with Gasteiger partial charge in [-0.1, -0.05) is 6.07 Å². The summed E-state index contributed by atoms with van der Waals surface area (Å²) in [5.41, 5.74) is 3.79. The van der Waals surface area contributed by atoms with E-state index in [4.69, 9.17) is 5.84 Å². The Labute approximate surface area is 95.3 Å². The zero-order valence-corrected chi connectivity index (χ0v) is 9.43. The molecule has 0 radical (unpaired) electrons. The van der Waals surface area contributed by atoms with Crippen molar-refractivity contribution in [2.45, 2.75) is 25.4 Å². The van der Waals surface area contributed by atoms with Crippen LogP contribution in [-0.2, 0) is 6.54 Å². The Morgan fingerprint density at radius 1 is 1.69 bits per heavy atom. The van der Waals surface area contributed by atoms with Crippen molar-refractivity contribution in [2.75, 3.05) is 7.05 Å². The summed E-state index contributed by atoms with van der Waals surface area (Å²) in [6.07, 6.45) is 5.96. The Balaban J connectivity index is 1.98. The average Bonchev–Trinajstić information content (AvgIpc) is 3.11. The molecule has 2 rings (SSSR count). The molecule has 0 atom stereocenters. The summed E-state index contributed by atoms with van der Waals surface area (Å²) in [6, 6.07) is 4.42. The Morgan fingerprint density at radius 3 is 3.06 bits per heavy atom. The molecule has 0 aliphatic heterocycles. The Kier molecular flexibility index (Phi) is 3.36. The zero-order chi connectivity index (χ0) is 11.4. The summed E-state index contributed by atoms with van der Waals surface area (Å²) >= 11 is 0. The molecule has 1 fully saturated rings. The van der Waals surface area contributed by atoms with E-state index in [1.54, 1.807) is 6.20 Å². The van der Waals surface area contributed by atoms with E-state index in [1.165, 1.54) is 12.8 Å². The first kappa shape index (κ1) is 10.9. The second-order valence-corrected chi connectivity index (χ2v) is 4.05. The molecular formula is C11H17N5. The van der Waals surface area contributed by atoms with E-state index < -0.39 is 0 Å². The largest absolute Gasteiger partial charge is 0.341 e. The van der Waals surface area contributed by atoms with Crippen LogP contribution in [0.4, 0.5) is 0 Å². The van der Waals surface area contributed by atoms with Gasteiger partial charge in [-0.15, -0.1) is 0 Å². The average molecular weight is 219 g/mol. The fourth-order valence-electron chi connectivity index (χ4n) is 1.46. The molecule has 1 heterocycles. The minimum Gasteiger partial charge on any atom is -0.341 e. The number of pyridine rings is 1. The molecule has 1 aliphatic carbocycles. The molecule has 1 aromatic rings. The fraction of sp³-hybridized carbons (Fsp3) is 0.455. The first-order valence-corrected chi connectivity index (χ1v) is 5.44. The van der Waals surface area contributed by atoms with Crippen LogP contribution in [0, 0.1) is 0 Å². The zero-order valence-electron chi connectivity index (χ0n) is 9.43. The summed E-state index contributed by atoms with van der Waals surface area (Å²) in [6.45, 7) is 0.754. The molecule has 5 heteroatoms. The number of nitrogens with zero attached hydrogens (tertiary/aromatic N) is 3. The van der Waals surface area contributed by atoms with Crippen LogP contribution in [0.25, 0.3) is 0 Å². The van der Waals surface area contributed by atoms with Crippen molar-refractivity contribution in [1.29, 1.82) is 0 Å². The van der Waals surface area contributed by atoms with Crippen LogP contribution in [0.3, 0.4) is 0 Å². The molecule has 86 valence electrons. The maximum absolute atomic E-state index is 5.47. The maximum atomic E-state index is 5.47. The van der Waals surface area contributed by atoms with E-state index in [0.717, 1.165) is 18.1 Å². The summed E-state index contributed by atoms with van der Waals surface area (Å²) in [5.74, 6) is 6.21. The van der Waals surface area contributed by atoms with Gasteiger partial charge in [-0.2, -0.15) is 0 Å². The van der Waals surface area contributed by atoms with Crippen LogP contribution in [-0.4, -0.2) is 28.9 Å². The standard InChI is InChI=1S/C11H17N5/c1-16(8-9-3-2-6-13-7-9)11(15-12)14-10-4-5-10/h2-3,6-7,10H,4-5,8,12H2,1H3,(H,14,15). The number of hydrazine groups is 1. The van der Waals surface area contributed by atoms with E-state index in [2.05, 4.69) is 15.4 Å². The van der Waals surface area contributed by atoms with Crippen LogP contribution in [0.2, 0.25) is 0 Å². The third-order valence-electron chi connectivity index (χ3n) is 2.48. The number of aliphatic imine (C=N–C) groups is 1. The molecule has 16 heavy (non-hydrogen) atoms.